The number of nitrogens with zero attached hydrogens (tertiary/aromatic N) is 2. The number of nitrogens with one attached hydrogen (secondary N) is 2. The number of methoxy groups -OCH3 is 1. The maximum Gasteiger partial charge on any atom is 0.255 e. The predicted molar refractivity (Wildman–Crippen MR) is 113 cm³/mol. The van der Waals surface area contributed by atoms with E-state index in [1.807, 2.05) is 67.5 Å². The van der Waals surface area contributed by atoms with Crippen molar-refractivity contribution in [3.63, 3.8) is 0 Å². The molecule has 3 rings (SSSR count). The first kappa shape index (κ1) is 19.2. The van der Waals surface area contributed by atoms with Gasteiger partial charge in [-0.1, -0.05) is 18.2 Å². The molecule has 0 saturated carbocycles. The van der Waals surface area contributed by atoms with Crippen LogP contribution in [0.25, 0.3) is 0 Å². The number of rotatable bonds is 7. The standard InChI is InChI=1S/C22H24N4O2/c1-26(2)19-10-8-18(9-11-19)25-22(27)16-12-13-23-21(14-16)24-15-17-6-4-5-7-20(17)28-3/h4-14H,15H2,1-3H3,(H,23,24)(H,25,27). The first-order chi connectivity index (χ1) is 13.6. The number of ether oxygens (including phenoxy) is 1. The molecule has 144 valence electrons. The Hall–Kier alpha value is -3.54. The van der Waals surface area contributed by atoms with Crippen molar-refractivity contribution in [2.24, 2.45) is 0 Å². The van der Waals surface area contributed by atoms with Crippen molar-refractivity contribution >= 4 is 23.1 Å². The van der Waals surface area contributed by atoms with Gasteiger partial charge in [-0.3, -0.25) is 4.79 Å². The highest BCUT2D eigenvalue weighted by Crippen LogP contribution is 2.19. The number of hydrogen-bond acceptors (Lipinski definition) is 5. The van der Waals surface area contributed by atoms with E-state index >= 15 is 0 Å². The second kappa shape index (κ2) is 8.90. The topological polar surface area (TPSA) is 66.5 Å². The second-order valence-electron chi connectivity index (χ2n) is 6.49. The Morgan fingerprint density at radius 1 is 1.07 bits per heavy atom. The van der Waals surface area contributed by atoms with Crippen LogP contribution in [0.2, 0.25) is 0 Å². The zero-order valence-electron chi connectivity index (χ0n) is 16.3. The Kier molecular flexibility index (Phi) is 6.11. The van der Waals surface area contributed by atoms with Crippen molar-refractivity contribution in [2.75, 3.05) is 36.7 Å². The van der Waals surface area contributed by atoms with Crippen molar-refractivity contribution in [1.29, 1.82) is 0 Å². The first-order valence-electron chi connectivity index (χ1n) is 8.97. The molecular weight excluding hydrogens is 352 g/mol. The fourth-order valence-electron chi connectivity index (χ4n) is 2.75. The van der Waals surface area contributed by atoms with Gasteiger partial charge in [-0.2, -0.15) is 0 Å². The van der Waals surface area contributed by atoms with E-state index in [1.165, 1.54) is 0 Å². The minimum absolute atomic E-state index is 0.180. The summed E-state index contributed by atoms with van der Waals surface area (Å²) in [4.78, 5) is 18.9. The molecule has 1 heterocycles. The number of carbonyl (C=O) groups excluding carboxylic acids is 1. The largest absolute Gasteiger partial charge is 0.496 e. The minimum atomic E-state index is -0.180. The number of aromatic nitrogens is 1. The summed E-state index contributed by atoms with van der Waals surface area (Å²) in [7, 11) is 5.60. The van der Waals surface area contributed by atoms with Crippen molar-refractivity contribution in [1.82, 2.24) is 4.98 Å². The van der Waals surface area contributed by atoms with Crippen LogP contribution in [0, 0.1) is 0 Å². The number of benzene rings is 2. The van der Waals surface area contributed by atoms with Crippen molar-refractivity contribution in [3.8, 4) is 5.75 Å². The van der Waals surface area contributed by atoms with E-state index in [-0.39, 0.29) is 5.91 Å². The average Bonchev–Trinajstić information content (AvgIpc) is 2.73. The molecule has 0 aliphatic carbocycles. The molecule has 0 atom stereocenters. The summed E-state index contributed by atoms with van der Waals surface area (Å²) >= 11 is 0. The van der Waals surface area contributed by atoms with Gasteiger partial charge in [0.2, 0.25) is 0 Å². The van der Waals surface area contributed by atoms with Crippen LogP contribution in [0.15, 0.2) is 66.9 Å². The highest BCUT2D eigenvalue weighted by Gasteiger charge is 2.09. The molecule has 3 aromatic rings. The third-order valence-electron chi connectivity index (χ3n) is 4.32. The van der Waals surface area contributed by atoms with Crippen LogP contribution in [0.5, 0.6) is 5.75 Å². The molecule has 6 nitrogen and oxygen atoms in total. The van der Waals surface area contributed by atoms with Crippen molar-refractivity contribution < 1.29 is 9.53 Å². The molecule has 2 N–H and O–H groups in total. The number of pyridine rings is 1. The molecule has 0 spiro atoms. The quantitative estimate of drug-likeness (QED) is 0.652. The smallest absolute Gasteiger partial charge is 0.255 e. The van der Waals surface area contributed by atoms with E-state index in [0.717, 1.165) is 22.7 Å². The van der Waals surface area contributed by atoms with Gasteiger partial charge in [-0.05, 0) is 42.5 Å². The Morgan fingerprint density at radius 3 is 2.54 bits per heavy atom. The number of hydrogen-bond donors (Lipinski definition) is 2. The maximum absolute atomic E-state index is 12.6. The normalized spacial score (nSPS) is 10.2. The Labute approximate surface area is 165 Å². The number of para-hydroxylation sites is 1. The van der Waals surface area contributed by atoms with Gasteiger partial charge < -0.3 is 20.3 Å². The van der Waals surface area contributed by atoms with Crippen LogP contribution in [0.3, 0.4) is 0 Å². The monoisotopic (exact) mass is 376 g/mol. The lowest BCUT2D eigenvalue weighted by molar-refractivity contribution is 0.102. The average molecular weight is 376 g/mol. The molecule has 0 bridgehead atoms. The second-order valence-corrected chi connectivity index (χ2v) is 6.49. The molecule has 0 saturated heterocycles. The van der Waals surface area contributed by atoms with Crippen LogP contribution >= 0.6 is 0 Å². The van der Waals surface area contributed by atoms with E-state index < -0.39 is 0 Å². The van der Waals surface area contributed by atoms with Gasteiger partial charge in [0.1, 0.15) is 11.6 Å². The molecular formula is C22H24N4O2. The number of carbonyl (C=O) groups is 1. The molecule has 1 aromatic heterocycles. The van der Waals surface area contributed by atoms with E-state index in [9.17, 15) is 4.79 Å². The van der Waals surface area contributed by atoms with E-state index in [2.05, 4.69) is 15.6 Å². The zero-order valence-corrected chi connectivity index (χ0v) is 16.3. The summed E-state index contributed by atoms with van der Waals surface area (Å²) in [5.41, 5.74) is 3.37. The lowest BCUT2D eigenvalue weighted by Gasteiger charge is -2.13. The van der Waals surface area contributed by atoms with Gasteiger partial charge in [-0.25, -0.2) is 4.98 Å². The predicted octanol–water partition coefficient (Wildman–Crippen LogP) is 4.02. The Balaban J connectivity index is 1.66. The van der Waals surface area contributed by atoms with Crippen LogP contribution < -0.4 is 20.3 Å². The fourth-order valence-corrected chi connectivity index (χ4v) is 2.75. The highest BCUT2D eigenvalue weighted by atomic mass is 16.5. The SMILES string of the molecule is COc1ccccc1CNc1cc(C(=O)Nc2ccc(N(C)C)cc2)ccn1. The van der Waals surface area contributed by atoms with Crippen LogP contribution in [-0.2, 0) is 6.54 Å². The fraction of sp³-hybridized carbons (Fsp3) is 0.182. The molecule has 0 aliphatic rings. The first-order valence-corrected chi connectivity index (χ1v) is 8.97. The van der Waals surface area contributed by atoms with Gasteiger partial charge in [0.15, 0.2) is 0 Å². The molecule has 28 heavy (non-hydrogen) atoms. The Bertz CT molecular complexity index is 939. The molecule has 0 unspecified atom stereocenters. The third kappa shape index (κ3) is 4.79. The molecule has 6 heteroatoms. The van der Waals surface area contributed by atoms with Crippen molar-refractivity contribution in [3.05, 3.63) is 78.0 Å². The summed E-state index contributed by atoms with van der Waals surface area (Å²) in [6.45, 7) is 0.550. The molecule has 0 fully saturated rings. The molecule has 0 aliphatic heterocycles. The summed E-state index contributed by atoms with van der Waals surface area (Å²) in [5.74, 6) is 1.26. The lowest BCUT2D eigenvalue weighted by Crippen LogP contribution is -2.13. The molecule has 1 amide bonds. The third-order valence-corrected chi connectivity index (χ3v) is 4.32. The van der Waals surface area contributed by atoms with Crippen molar-refractivity contribution in [2.45, 2.75) is 6.54 Å². The minimum Gasteiger partial charge on any atom is -0.496 e. The zero-order chi connectivity index (χ0) is 19.9. The summed E-state index contributed by atoms with van der Waals surface area (Å²) in [5, 5.41) is 6.15. The lowest BCUT2D eigenvalue weighted by atomic mass is 10.2. The number of amides is 1. The summed E-state index contributed by atoms with van der Waals surface area (Å²) in [6, 6.07) is 18.9. The van der Waals surface area contributed by atoms with Gasteiger partial charge >= 0.3 is 0 Å². The van der Waals surface area contributed by atoms with Gasteiger partial charge in [-0.15, -0.1) is 0 Å². The molecule has 0 radical (unpaired) electrons. The maximum atomic E-state index is 12.6. The Morgan fingerprint density at radius 2 is 1.82 bits per heavy atom. The highest BCUT2D eigenvalue weighted by molar-refractivity contribution is 6.04. The summed E-state index contributed by atoms with van der Waals surface area (Å²) in [6.07, 6.45) is 1.62. The van der Waals surface area contributed by atoms with Crippen LogP contribution in [0.1, 0.15) is 15.9 Å². The van der Waals surface area contributed by atoms with Crippen LogP contribution in [-0.4, -0.2) is 32.1 Å². The van der Waals surface area contributed by atoms with Gasteiger partial charge in [0.05, 0.1) is 7.11 Å². The van der Waals surface area contributed by atoms with E-state index in [0.29, 0.717) is 17.9 Å². The summed E-state index contributed by atoms with van der Waals surface area (Å²) < 4.78 is 5.36. The van der Waals surface area contributed by atoms with Gasteiger partial charge in [0, 0.05) is 49.3 Å². The van der Waals surface area contributed by atoms with Gasteiger partial charge in [0.25, 0.3) is 5.91 Å². The van der Waals surface area contributed by atoms with E-state index in [1.54, 1.807) is 25.4 Å². The number of anilines is 3. The van der Waals surface area contributed by atoms with Crippen LogP contribution in [0.4, 0.5) is 17.2 Å². The van der Waals surface area contributed by atoms with E-state index in [4.69, 9.17) is 4.74 Å². The molecule has 2 aromatic carbocycles.